The number of aromatic nitrogens is 2. The van der Waals surface area contributed by atoms with Gasteiger partial charge in [0.1, 0.15) is 5.75 Å². The number of hydrogen-bond acceptors (Lipinski definition) is 2. The van der Waals surface area contributed by atoms with Gasteiger partial charge in [0.15, 0.2) is 0 Å². The molecule has 18 heavy (non-hydrogen) atoms. The van der Waals surface area contributed by atoms with Gasteiger partial charge in [-0.05, 0) is 42.0 Å². The minimum Gasteiger partial charge on any atom is -0.508 e. The minimum atomic E-state index is 0.300. The number of phenols is 1. The van der Waals surface area contributed by atoms with Crippen LogP contribution in [0.25, 0.3) is 22.0 Å². The minimum absolute atomic E-state index is 0.300. The first-order valence-electron chi connectivity index (χ1n) is 6.03. The summed E-state index contributed by atoms with van der Waals surface area (Å²) >= 11 is 0. The van der Waals surface area contributed by atoms with Crippen LogP contribution in [-0.2, 0) is 6.54 Å². The fraction of sp³-hybridized carbons (Fsp3) is 0.133. The molecule has 0 atom stereocenters. The van der Waals surface area contributed by atoms with Crippen LogP contribution in [-0.4, -0.2) is 14.9 Å². The first-order chi connectivity index (χ1) is 8.78. The van der Waals surface area contributed by atoms with E-state index >= 15 is 0 Å². The van der Waals surface area contributed by atoms with Crippen molar-refractivity contribution in [2.75, 3.05) is 0 Å². The van der Waals surface area contributed by atoms with Crippen molar-refractivity contribution in [3.8, 4) is 17.0 Å². The Morgan fingerprint density at radius 1 is 1.06 bits per heavy atom. The van der Waals surface area contributed by atoms with Gasteiger partial charge in [0, 0.05) is 18.3 Å². The zero-order valence-corrected chi connectivity index (χ0v) is 10.2. The molecule has 0 radical (unpaired) electrons. The van der Waals surface area contributed by atoms with Crippen LogP contribution in [0.3, 0.4) is 0 Å². The molecule has 0 unspecified atom stereocenters. The van der Waals surface area contributed by atoms with Crippen molar-refractivity contribution in [3.63, 3.8) is 0 Å². The molecule has 3 nitrogen and oxygen atoms in total. The van der Waals surface area contributed by atoms with E-state index in [0.29, 0.717) is 5.75 Å². The molecule has 1 N–H and O–H groups in total. The third-order valence-corrected chi connectivity index (χ3v) is 3.14. The Labute approximate surface area is 105 Å². The van der Waals surface area contributed by atoms with Gasteiger partial charge in [-0.3, -0.25) is 4.68 Å². The molecule has 0 saturated carbocycles. The SMILES string of the molecule is CCn1nccc1-c1ccc2cc(O)ccc2c1. The highest BCUT2D eigenvalue weighted by Crippen LogP contribution is 2.26. The lowest BCUT2D eigenvalue weighted by Gasteiger charge is -2.06. The Morgan fingerprint density at radius 2 is 1.83 bits per heavy atom. The van der Waals surface area contributed by atoms with Gasteiger partial charge in [-0.1, -0.05) is 18.2 Å². The van der Waals surface area contributed by atoms with Gasteiger partial charge < -0.3 is 5.11 Å². The highest BCUT2D eigenvalue weighted by Gasteiger charge is 2.05. The van der Waals surface area contributed by atoms with Crippen LogP contribution in [0.5, 0.6) is 5.75 Å². The molecule has 0 fully saturated rings. The van der Waals surface area contributed by atoms with Gasteiger partial charge in [0.2, 0.25) is 0 Å². The van der Waals surface area contributed by atoms with Crippen LogP contribution in [0, 0.1) is 0 Å². The molecule has 1 aromatic heterocycles. The molecule has 0 aliphatic rings. The van der Waals surface area contributed by atoms with E-state index in [2.05, 4.69) is 24.2 Å². The van der Waals surface area contributed by atoms with Gasteiger partial charge in [-0.15, -0.1) is 0 Å². The standard InChI is InChI=1S/C15H14N2O/c1-2-17-15(7-8-16-17)13-4-3-12-10-14(18)6-5-11(12)9-13/h3-10,18H,2H2,1H3. The second kappa shape index (κ2) is 4.18. The second-order valence-corrected chi connectivity index (χ2v) is 4.28. The molecule has 3 aromatic rings. The number of aryl methyl sites for hydroxylation is 1. The molecule has 0 amide bonds. The van der Waals surface area contributed by atoms with Crippen molar-refractivity contribution < 1.29 is 5.11 Å². The number of aromatic hydroxyl groups is 1. The van der Waals surface area contributed by atoms with E-state index in [1.165, 1.54) is 0 Å². The zero-order valence-electron chi connectivity index (χ0n) is 10.2. The van der Waals surface area contributed by atoms with Crippen LogP contribution in [0.15, 0.2) is 48.7 Å². The van der Waals surface area contributed by atoms with Gasteiger partial charge in [0.25, 0.3) is 0 Å². The van der Waals surface area contributed by atoms with Crippen molar-refractivity contribution in [1.29, 1.82) is 0 Å². The van der Waals surface area contributed by atoms with E-state index in [9.17, 15) is 5.11 Å². The number of rotatable bonds is 2. The Balaban J connectivity index is 2.16. The molecule has 0 spiro atoms. The van der Waals surface area contributed by atoms with E-state index in [1.54, 1.807) is 12.1 Å². The van der Waals surface area contributed by atoms with E-state index in [0.717, 1.165) is 28.6 Å². The van der Waals surface area contributed by atoms with Crippen molar-refractivity contribution in [2.24, 2.45) is 0 Å². The summed E-state index contributed by atoms with van der Waals surface area (Å²) in [6, 6.07) is 13.6. The summed E-state index contributed by atoms with van der Waals surface area (Å²) in [4.78, 5) is 0. The van der Waals surface area contributed by atoms with Crippen molar-refractivity contribution in [3.05, 3.63) is 48.7 Å². The van der Waals surface area contributed by atoms with Crippen LogP contribution in [0.4, 0.5) is 0 Å². The van der Waals surface area contributed by atoms with E-state index in [-0.39, 0.29) is 0 Å². The first kappa shape index (κ1) is 10.8. The largest absolute Gasteiger partial charge is 0.508 e. The highest BCUT2D eigenvalue weighted by atomic mass is 16.3. The Hall–Kier alpha value is -2.29. The molecule has 0 aliphatic heterocycles. The average Bonchev–Trinajstić information content (AvgIpc) is 2.86. The van der Waals surface area contributed by atoms with Gasteiger partial charge in [0.05, 0.1) is 5.69 Å². The van der Waals surface area contributed by atoms with Crippen LogP contribution in [0.1, 0.15) is 6.92 Å². The predicted molar refractivity (Wildman–Crippen MR) is 72.5 cm³/mol. The van der Waals surface area contributed by atoms with E-state index in [4.69, 9.17) is 0 Å². The summed E-state index contributed by atoms with van der Waals surface area (Å²) in [5, 5.41) is 15.9. The molecule has 0 saturated heterocycles. The maximum atomic E-state index is 9.45. The summed E-state index contributed by atoms with van der Waals surface area (Å²) in [7, 11) is 0. The number of nitrogens with zero attached hydrogens (tertiary/aromatic N) is 2. The molecule has 3 rings (SSSR count). The number of benzene rings is 2. The Morgan fingerprint density at radius 3 is 2.67 bits per heavy atom. The van der Waals surface area contributed by atoms with Gasteiger partial charge in [-0.2, -0.15) is 5.10 Å². The molecule has 1 heterocycles. The maximum Gasteiger partial charge on any atom is 0.116 e. The van der Waals surface area contributed by atoms with Crippen LogP contribution < -0.4 is 0 Å². The number of hydrogen-bond donors (Lipinski definition) is 1. The molecular formula is C15H14N2O. The molecule has 3 heteroatoms. The third-order valence-electron chi connectivity index (χ3n) is 3.14. The lowest BCUT2D eigenvalue weighted by Crippen LogP contribution is -1.98. The average molecular weight is 238 g/mol. The summed E-state index contributed by atoms with van der Waals surface area (Å²) < 4.78 is 1.97. The smallest absolute Gasteiger partial charge is 0.116 e. The topological polar surface area (TPSA) is 38.0 Å². The monoisotopic (exact) mass is 238 g/mol. The number of fused-ring (bicyclic) bond motifs is 1. The summed E-state index contributed by atoms with van der Waals surface area (Å²) in [5.41, 5.74) is 2.26. The Kier molecular flexibility index (Phi) is 2.52. The Bertz CT molecular complexity index is 701. The van der Waals surface area contributed by atoms with E-state index < -0.39 is 0 Å². The van der Waals surface area contributed by atoms with Crippen molar-refractivity contribution in [1.82, 2.24) is 9.78 Å². The molecule has 90 valence electrons. The highest BCUT2D eigenvalue weighted by molar-refractivity contribution is 5.87. The van der Waals surface area contributed by atoms with Crippen LogP contribution >= 0.6 is 0 Å². The lowest BCUT2D eigenvalue weighted by atomic mass is 10.0. The normalized spacial score (nSPS) is 10.9. The molecule has 2 aromatic carbocycles. The molecular weight excluding hydrogens is 224 g/mol. The fourth-order valence-corrected chi connectivity index (χ4v) is 2.22. The summed E-state index contributed by atoms with van der Waals surface area (Å²) in [5.74, 6) is 0.300. The predicted octanol–water partition coefficient (Wildman–Crippen LogP) is 3.43. The van der Waals surface area contributed by atoms with Crippen LogP contribution in [0.2, 0.25) is 0 Å². The third kappa shape index (κ3) is 1.74. The molecule has 0 aliphatic carbocycles. The second-order valence-electron chi connectivity index (χ2n) is 4.28. The first-order valence-corrected chi connectivity index (χ1v) is 6.03. The van der Waals surface area contributed by atoms with Gasteiger partial charge >= 0.3 is 0 Å². The quantitative estimate of drug-likeness (QED) is 0.742. The zero-order chi connectivity index (χ0) is 12.5. The molecule has 0 bridgehead atoms. The van der Waals surface area contributed by atoms with E-state index in [1.807, 2.05) is 29.1 Å². The lowest BCUT2D eigenvalue weighted by molar-refractivity contribution is 0.476. The van der Waals surface area contributed by atoms with Crippen molar-refractivity contribution in [2.45, 2.75) is 13.5 Å². The maximum absolute atomic E-state index is 9.45. The summed E-state index contributed by atoms with van der Waals surface area (Å²) in [6.07, 6.45) is 1.82. The summed E-state index contributed by atoms with van der Waals surface area (Å²) in [6.45, 7) is 2.94. The number of phenolic OH excluding ortho intramolecular Hbond substituents is 1. The fourth-order valence-electron chi connectivity index (χ4n) is 2.22. The van der Waals surface area contributed by atoms with Crippen molar-refractivity contribution >= 4 is 10.8 Å². The van der Waals surface area contributed by atoms with Gasteiger partial charge in [-0.25, -0.2) is 0 Å².